The van der Waals surface area contributed by atoms with E-state index in [4.69, 9.17) is 21.6 Å². The van der Waals surface area contributed by atoms with Crippen molar-refractivity contribution in [1.82, 2.24) is 14.8 Å². The highest BCUT2D eigenvalue weighted by Crippen LogP contribution is 2.41. The Morgan fingerprint density at radius 1 is 1.09 bits per heavy atom. The first-order valence-corrected chi connectivity index (χ1v) is 10.6. The highest BCUT2D eigenvalue weighted by molar-refractivity contribution is 5.99. The van der Waals surface area contributed by atoms with Gasteiger partial charge in [-0.1, -0.05) is 42.5 Å². The molecule has 3 aromatic rings. The summed E-state index contributed by atoms with van der Waals surface area (Å²) in [5, 5.41) is 15.7. The number of anilines is 1. The minimum absolute atomic E-state index is 0.148. The monoisotopic (exact) mass is 429 g/mol. The zero-order valence-corrected chi connectivity index (χ0v) is 17.3. The fourth-order valence-corrected chi connectivity index (χ4v) is 4.51. The number of aromatic nitrogens is 3. The lowest BCUT2D eigenvalue weighted by Crippen LogP contribution is -2.33. The maximum Gasteiger partial charge on any atom is 0.306 e. The molecule has 2 heterocycles. The van der Waals surface area contributed by atoms with Gasteiger partial charge in [-0.3, -0.25) is 9.59 Å². The predicted molar refractivity (Wildman–Crippen MR) is 120 cm³/mol. The number of carboxylic acids is 1. The van der Waals surface area contributed by atoms with Gasteiger partial charge in [-0.2, -0.15) is 5.10 Å². The lowest BCUT2D eigenvalue weighted by Gasteiger charge is -2.32. The van der Waals surface area contributed by atoms with E-state index in [1.54, 1.807) is 4.68 Å². The summed E-state index contributed by atoms with van der Waals surface area (Å²) in [6, 6.07) is 13.8. The minimum atomic E-state index is -0.825. The number of aliphatic carboxylic acids is 1. The number of nitrogen functional groups attached to an aromatic ring is 1. The van der Waals surface area contributed by atoms with E-state index in [1.165, 1.54) is 0 Å². The van der Waals surface area contributed by atoms with Crippen molar-refractivity contribution in [3.63, 3.8) is 0 Å². The number of carboxylic acid groups (broad SMARTS) is 1. The van der Waals surface area contributed by atoms with Gasteiger partial charge in [0.15, 0.2) is 0 Å². The molecule has 1 atom stereocenters. The lowest BCUT2D eigenvalue weighted by atomic mass is 9.80. The molecule has 5 rings (SSSR count). The van der Waals surface area contributed by atoms with Crippen LogP contribution in [0.4, 0.5) is 5.82 Å². The number of hydrogen-bond acceptors (Lipinski definition) is 5. The Bertz CT molecular complexity index is 1340. The fraction of sp³-hybridized carbons (Fsp3) is 0.250. The van der Waals surface area contributed by atoms with Gasteiger partial charge in [0, 0.05) is 11.5 Å². The van der Waals surface area contributed by atoms with Crippen LogP contribution in [-0.4, -0.2) is 31.7 Å². The van der Waals surface area contributed by atoms with Gasteiger partial charge in [-0.15, -0.1) is 0 Å². The maximum atomic E-state index is 12.2. The van der Waals surface area contributed by atoms with Crippen LogP contribution in [0.15, 0.2) is 42.5 Å². The van der Waals surface area contributed by atoms with Crippen molar-refractivity contribution in [2.75, 3.05) is 5.73 Å². The third-order valence-corrected chi connectivity index (χ3v) is 6.36. The molecule has 0 spiro atoms. The number of primary amides is 1. The minimum Gasteiger partial charge on any atom is -0.481 e. The Labute approximate surface area is 183 Å². The molecule has 0 aliphatic heterocycles. The van der Waals surface area contributed by atoms with Crippen LogP contribution in [-0.2, 0) is 4.79 Å². The Hall–Kier alpha value is -3.94. The largest absolute Gasteiger partial charge is 0.481 e. The van der Waals surface area contributed by atoms with Crippen LogP contribution in [0.1, 0.15) is 47.3 Å². The first-order valence-electron chi connectivity index (χ1n) is 10.6. The summed E-state index contributed by atoms with van der Waals surface area (Å²) in [4.78, 5) is 28.2. The molecule has 2 aliphatic carbocycles. The summed E-state index contributed by atoms with van der Waals surface area (Å²) in [6.07, 6.45) is 5.58. The molecule has 162 valence electrons. The van der Waals surface area contributed by atoms with E-state index in [2.05, 4.69) is 11.2 Å². The van der Waals surface area contributed by atoms with E-state index in [1.807, 2.05) is 48.5 Å². The van der Waals surface area contributed by atoms with Crippen LogP contribution in [0, 0.1) is 5.92 Å². The number of benzene rings is 1. The van der Waals surface area contributed by atoms with Gasteiger partial charge in [-0.05, 0) is 36.6 Å². The van der Waals surface area contributed by atoms with Crippen molar-refractivity contribution in [2.24, 2.45) is 11.7 Å². The van der Waals surface area contributed by atoms with E-state index >= 15 is 0 Å². The van der Waals surface area contributed by atoms with Crippen LogP contribution in [0.3, 0.4) is 0 Å². The number of pyridine rings is 1. The summed E-state index contributed by atoms with van der Waals surface area (Å²) in [6.45, 7) is 0. The van der Waals surface area contributed by atoms with Crippen molar-refractivity contribution < 1.29 is 14.7 Å². The summed E-state index contributed by atoms with van der Waals surface area (Å²) >= 11 is 0. The number of amides is 1. The second-order valence-corrected chi connectivity index (χ2v) is 8.36. The second-order valence-electron chi connectivity index (χ2n) is 8.36. The van der Waals surface area contributed by atoms with Crippen LogP contribution in [0.5, 0.6) is 0 Å². The fourth-order valence-electron chi connectivity index (χ4n) is 4.51. The van der Waals surface area contributed by atoms with E-state index in [-0.39, 0.29) is 23.3 Å². The molecule has 32 heavy (non-hydrogen) atoms. The zero-order chi connectivity index (χ0) is 22.4. The molecule has 1 amide bonds. The van der Waals surface area contributed by atoms with Gasteiger partial charge in [0.05, 0.1) is 28.7 Å². The quantitative estimate of drug-likeness (QED) is 0.561. The third-order valence-electron chi connectivity index (χ3n) is 6.36. The zero-order valence-electron chi connectivity index (χ0n) is 17.3. The van der Waals surface area contributed by atoms with Gasteiger partial charge in [-0.25, -0.2) is 9.67 Å². The lowest BCUT2D eigenvalue weighted by molar-refractivity contribution is -0.146. The molecule has 8 heteroatoms. The molecular weight excluding hydrogens is 406 g/mol. The normalized spacial score (nSPS) is 21.6. The van der Waals surface area contributed by atoms with Crippen LogP contribution >= 0.6 is 0 Å². The SMILES string of the molecule is NC(=O)c1c(C2C=c3nc(-c4ccccc4)ccc3=CC2)nn(C2CC(C(=O)O)C2)c1N. The summed E-state index contributed by atoms with van der Waals surface area (Å²) in [7, 11) is 0. The van der Waals surface area contributed by atoms with Gasteiger partial charge in [0.2, 0.25) is 0 Å². The molecule has 0 bridgehead atoms. The third kappa shape index (κ3) is 3.33. The maximum absolute atomic E-state index is 12.2. The molecule has 5 N–H and O–H groups in total. The van der Waals surface area contributed by atoms with Gasteiger partial charge in [0.25, 0.3) is 5.91 Å². The standard InChI is InChI=1S/C24H23N5O3/c25-22-20(23(26)30)21(28-29(22)17-10-16(11-17)24(31)32)15-7-6-14-8-9-18(27-19(14)12-15)13-4-2-1-3-5-13/h1-6,8-9,12,15-17H,7,10-11,25H2,(H2,26,30)(H,31,32). The number of nitrogens with two attached hydrogens (primary N) is 2. The summed E-state index contributed by atoms with van der Waals surface area (Å²) < 4.78 is 1.58. The van der Waals surface area contributed by atoms with E-state index in [0.29, 0.717) is 25.0 Å². The average molecular weight is 429 g/mol. The number of hydrogen-bond donors (Lipinski definition) is 3. The van der Waals surface area contributed by atoms with Crippen LogP contribution in [0.25, 0.3) is 23.4 Å². The molecule has 1 fully saturated rings. The Balaban J connectivity index is 1.53. The number of carbonyl (C=O) groups excluding carboxylic acids is 1. The van der Waals surface area contributed by atoms with Gasteiger partial charge in [0.1, 0.15) is 11.4 Å². The molecule has 2 aliphatic rings. The number of carbonyl (C=O) groups is 2. The van der Waals surface area contributed by atoms with Gasteiger partial charge >= 0.3 is 5.97 Å². The van der Waals surface area contributed by atoms with Crippen molar-refractivity contribution in [3.8, 4) is 11.3 Å². The van der Waals surface area contributed by atoms with E-state index in [0.717, 1.165) is 21.8 Å². The highest BCUT2D eigenvalue weighted by atomic mass is 16.4. The summed E-state index contributed by atoms with van der Waals surface area (Å²) in [5.74, 6) is -1.88. The van der Waals surface area contributed by atoms with Crippen molar-refractivity contribution in [3.05, 3.63) is 64.3 Å². The highest BCUT2D eigenvalue weighted by Gasteiger charge is 2.39. The Morgan fingerprint density at radius 3 is 2.53 bits per heavy atom. The van der Waals surface area contributed by atoms with Crippen LogP contribution in [0.2, 0.25) is 0 Å². The molecule has 0 radical (unpaired) electrons. The molecule has 2 aromatic heterocycles. The molecular formula is C24H23N5O3. The molecule has 1 saturated carbocycles. The van der Waals surface area contributed by atoms with Gasteiger partial charge < -0.3 is 16.6 Å². The second kappa shape index (κ2) is 7.64. The van der Waals surface area contributed by atoms with Crippen molar-refractivity contribution in [1.29, 1.82) is 0 Å². The summed E-state index contributed by atoms with van der Waals surface area (Å²) in [5.41, 5.74) is 14.5. The van der Waals surface area contributed by atoms with E-state index < -0.39 is 17.8 Å². The van der Waals surface area contributed by atoms with E-state index in [9.17, 15) is 9.59 Å². The first kappa shape index (κ1) is 20.0. The molecule has 1 aromatic carbocycles. The average Bonchev–Trinajstić information content (AvgIpc) is 3.09. The predicted octanol–water partition coefficient (Wildman–Crippen LogP) is 1.41. The van der Waals surface area contributed by atoms with Crippen molar-refractivity contribution >= 4 is 29.8 Å². The van der Waals surface area contributed by atoms with Crippen molar-refractivity contribution in [2.45, 2.75) is 31.2 Å². The molecule has 1 unspecified atom stereocenters. The molecule has 0 saturated heterocycles. The Kier molecular flexibility index (Phi) is 4.77. The number of fused-ring (bicyclic) bond motifs is 1. The topological polar surface area (TPSA) is 137 Å². The first-order chi connectivity index (χ1) is 15.4. The van der Waals surface area contributed by atoms with Crippen LogP contribution < -0.4 is 22.0 Å². The number of rotatable bonds is 5. The molecule has 8 nitrogen and oxygen atoms in total. The number of nitrogens with zero attached hydrogens (tertiary/aromatic N) is 3. The Morgan fingerprint density at radius 2 is 1.84 bits per heavy atom. The smallest absolute Gasteiger partial charge is 0.306 e.